The average molecular weight is 276 g/mol. The third kappa shape index (κ3) is 2.94. The highest BCUT2D eigenvalue weighted by Gasteiger charge is 2.41. The summed E-state index contributed by atoms with van der Waals surface area (Å²) >= 11 is 5.51. The molecule has 94 valence electrons. The Morgan fingerprint density at radius 1 is 1.41 bits per heavy atom. The molecule has 0 saturated heterocycles. The van der Waals surface area contributed by atoms with E-state index in [-0.39, 0.29) is 15.6 Å². The van der Waals surface area contributed by atoms with Crippen LogP contribution in [0.25, 0.3) is 0 Å². The van der Waals surface area contributed by atoms with E-state index in [1.54, 1.807) is 0 Å². The third-order valence-electron chi connectivity index (χ3n) is 3.25. The summed E-state index contributed by atoms with van der Waals surface area (Å²) in [6.07, 6.45) is 5.59. The number of nitrogens with zero attached hydrogens (tertiary/aromatic N) is 2. The fraction of sp³-hybridized carbons (Fsp3) is 0.600. The Bertz CT molecular complexity index is 497. The summed E-state index contributed by atoms with van der Waals surface area (Å²) < 4.78 is 26.4. The molecule has 1 heterocycles. The van der Waals surface area contributed by atoms with Gasteiger partial charge in [0.25, 0.3) is 0 Å². The van der Waals surface area contributed by atoms with Crippen LogP contribution in [0.1, 0.15) is 26.2 Å². The first-order valence-corrected chi connectivity index (χ1v) is 7.31. The van der Waals surface area contributed by atoms with E-state index < -0.39 is 10.0 Å². The molecule has 0 radical (unpaired) electrons. The van der Waals surface area contributed by atoms with Crippen LogP contribution in [-0.4, -0.2) is 24.9 Å². The molecule has 1 N–H and O–H groups in total. The molecule has 0 unspecified atom stereocenters. The maximum Gasteiger partial charge on any atom is 0.243 e. The highest BCUT2D eigenvalue weighted by atomic mass is 35.5. The van der Waals surface area contributed by atoms with Gasteiger partial charge < -0.3 is 0 Å². The predicted molar refractivity (Wildman–Crippen MR) is 64.2 cm³/mol. The van der Waals surface area contributed by atoms with Crippen molar-refractivity contribution in [2.24, 2.45) is 5.41 Å². The molecule has 0 aliphatic heterocycles. The molecule has 0 bridgehead atoms. The monoisotopic (exact) mass is 275 g/mol. The van der Waals surface area contributed by atoms with Gasteiger partial charge >= 0.3 is 0 Å². The van der Waals surface area contributed by atoms with Crippen LogP contribution in [0.3, 0.4) is 0 Å². The minimum atomic E-state index is -3.51. The number of sulfonamides is 1. The van der Waals surface area contributed by atoms with Crippen LogP contribution in [0.15, 0.2) is 17.3 Å². The maximum absolute atomic E-state index is 11.9. The van der Waals surface area contributed by atoms with Gasteiger partial charge in [-0.25, -0.2) is 23.1 Å². The summed E-state index contributed by atoms with van der Waals surface area (Å²) in [5, 5.41) is 0.0381. The Labute approximate surface area is 106 Å². The predicted octanol–water partition coefficient (Wildman–Crippen LogP) is 1.60. The molecule has 5 nitrogen and oxygen atoms in total. The summed E-state index contributed by atoms with van der Waals surface area (Å²) in [7, 11) is -3.51. The summed E-state index contributed by atoms with van der Waals surface area (Å²) in [5.41, 5.74) is 0.167. The van der Waals surface area contributed by atoms with Crippen molar-refractivity contribution in [1.82, 2.24) is 14.7 Å². The lowest BCUT2D eigenvalue weighted by atomic mass is 10.1. The maximum atomic E-state index is 11.9. The van der Waals surface area contributed by atoms with Gasteiger partial charge in [0, 0.05) is 6.54 Å². The molecule has 1 fully saturated rings. The second kappa shape index (κ2) is 4.51. The van der Waals surface area contributed by atoms with E-state index in [0.29, 0.717) is 6.54 Å². The van der Waals surface area contributed by atoms with Gasteiger partial charge in [-0.1, -0.05) is 6.92 Å². The molecule has 1 aliphatic carbocycles. The second-order valence-corrected chi connectivity index (χ2v) is 6.47. The van der Waals surface area contributed by atoms with Crippen molar-refractivity contribution in [3.8, 4) is 0 Å². The molecule has 0 aromatic carbocycles. The van der Waals surface area contributed by atoms with Gasteiger partial charge in [-0.2, -0.15) is 0 Å². The van der Waals surface area contributed by atoms with Crippen LogP contribution in [0.5, 0.6) is 0 Å². The highest BCUT2D eigenvalue weighted by molar-refractivity contribution is 7.89. The largest absolute Gasteiger partial charge is 0.243 e. The lowest BCUT2D eigenvalue weighted by Gasteiger charge is -2.13. The normalized spacial score (nSPS) is 18.0. The highest BCUT2D eigenvalue weighted by Crippen LogP contribution is 2.48. The standard InChI is InChI=1S/C10H14ClN3O2S/c1-2-10(3-4-10)7-14-17(15,16)8-5-12-9(11)13-6-8/h5-6,14H,2-4,7H2,1H3. The Morgan fingerprint density at radius 3 is 2.47 bits per heavy atom. The van der Waals surface area contributed by atoms with Crippen LogP contribution in [0.4, 0.5) is 0 Å². The first kappa shape index (κ1) is 12.7. The average Bonchev–Trinajstić information content (AvgIpc) is 3.08. The summed E-state index contributed by atoms with van der Waals surface area (Å²) in [6, 6.07) is 0. The Balaban J connectivity index is 2.06. The van der Waals surface area contributed by atoms with Gasteiger partial charge in [-0.15, -0.1) is 0 Å². The van der Waals surface area contributed by atoms with E-state index in [9.17, 15) is 8.42 Å². The number of halogens is 1. The van der Waals surface area contributed by atoms with Crippen LogP contribution in [0.2, 0.25) is 5.28 Å². The molecule has 17 heavy (non-hydrogen) atoms. The molecule has 1 saturated carbocycles. The zero-order valence-corrected chi connectivity index (χ0v) is 11.1. The first-order chi connectivity index (χ1) is 7.97. The van der Waals surface area contributed by atoms with E-state index >= 15 is 0 Å². The molecular weight excluding hydrogens is 262 g/mol. The Morgan fingerprint density at radius 2 is 2.00 bits per heavy atom. The van der Waals surface area contributed by atoms with Crippen LogP contribution in [-0.2, 0) is 10.0 Å². The molecule has 1 aliphatic rings. The van der Waals surface area contributed by atoms with Crippen molar-refractivity contribution in [3.05, 3.63) is 17.7 Å². The summed E-state index contributed by atoms with van der Waals surface area (Å²) in [5.74, 6) is 0. The molecule has 1 aromatic rings. The van der Waals surface area contributed by atoms with Crippen molar-refractivity contribution in [1.29, 1.82) is 0 Å². The number of rotatable bonds is 5. The van der Waals surface area contributed by atoms with Gasteiger partial charge in [-0.05, 0) is 36.3 Å². The molecule has 1 aromatic heterocycles. The van der Waals surface area contributed by atoms with Gasteiger partial charge in [0.2, 0.25) is 15.3 Å². The van der Waals surface area contributed by atoms with Gasteiger partial charge in [0.05, 0.1) is 12.4 Å². The topological polar surface area (TPSA) is 72.0 Å². The van der Waals surface area contributed by atoms with Crippen molar-refractivity contribution in [3.63, 3.8) is 0 Å². The van der Waals surface area contributed by atoms with E-state index in [1.807, 2.05) is 0 Å². The molecule has 7 heteroatoms. The molecule has 0 spiro atoms. The lowest BCUT2D eigenvalue weighted by Crippen LogP contribution is -2.30. The minimum Gasteiger partial charge on any atom is -0.225 e. The molecule has 2 rings (SSSR count). The third-order valence-corrected chi connectivity index (χ3v) is 4.80. The fourth-order valence-corrected chi connectivity index (χ4v) is 2.75. The van der Waals surface area contributed by atoms with Gasteiger partial charge in [0.15, 0.2) is 0 Å². The molecule has 0 atom stereocenters. The number of aromatic nitrogens is 2. The minimum absolute atomic E-state index is 0.0381. The van der Waals surface area contributed by atoms with Crippen molar-refractivity contribution >= 4 is 21.6 Å². The van der Waals surface area contributed by atoms with E-state index in [0.717, 1.165) is 19.3 Å². The molecule has 0 amide bonds. The van der Waals surface area contributed by atoms with E-state index in [4.69, 9.17) is 11.6 Å². The number of nitrogens with one attached hydrogen (secondary N) is 1. The second-order valence-electron chi connectivity index (χ2n) is 4.37. The lowest BCUT2D eigenvalue weighted by molar-refractivity contribution is 0.475. The van der Waals surface area contributed by atoms with Crippen molar-refractivity contribution in [2.45, 2.75) is 31.1 Å². The summed E-state index contributed by atoms with van der Waals surface area (Å²) in [4.78, 5) is 7.37. The Kier molecular flexibility index (Phi) is 3.38. The number of hydrogen-bond acceptors (Lipinski definition) is 4. The summed E-state index contributed by atoms with van der Waals surface area (Å²) in [6.45, 7) is 2.56. The van der Waals surface area contributed by atoms with E-state index in [1.165, 1.54) is 12.4 Å². The zero-order chi connectivity index (χ0) is 12.5. The van der Waals surface area contributed by atoms with Crippen LogP contribution in [0, 0.1) is 5.41 Å². The van der Waals surface area contributed by atoms with E-state index in [2.05, 4.69) is 21.6 Å². The Hall–Kier alpha value is -0.720. The van der Waals surface area contributed by atoms with Gasteiger partial charge in [-0.3, -0.25) is 0 Å². The van der Waals surface area contributed by atoms with Crippen molar-refractivity contribution < 1.29 is 8.42 Å². The zero-order valence-electron chi connectivity index (χ0n) is 9.48. The molecular formula is C10H14ClN3O2S. The first-order valence-electron chi connectivity index (χ1n) is 5.45. The van der Waals surface area contributed by atoms with Crippen LogP contribution >= 0.6 is 11.6 Å². The van der Waals surface area contributed by atoms with Crippen molar-refractivity contribution in [2.75, 3.05) is 6.54 Å². The smallest absolute Gasteiger partial charge is 0.225 e. The fourth-order valence-electron chi connectivity index (χ4n) is 1.60. The van der Waals surface area contributed by atoms with Crippen LogP contribution < -0.4 is 4.72 Å². The quantitative estimate of drug-likeness (QED) is 0.829. The SMILES string of the molecule is CCC1(CNS(=O)(=O)c2cnc(Cl)nc2)CC1. The number of hydrogen-bond donors (Lipinski definition) is 1. The van der Waals surface area contributed by atoms with Gasteiger partial charge in [0.1, 0.15) is 4.90 Å².